The summed E-state index contributed by atoms with van der Waals surface area (Å²) in [7, 11) is 0. The number of hydrogen-bond acceptors (Lipinski definition) is 2. The SMILES string of the molecule is FC(F)(F)c1ccccc1NC(=S)Nc1nn(Cc2ccc(Cl)cc2)cc1Br. The maximum absolute atomic E-state index is 13.1. The van der Waals surface area contributed by atoms with Crippen molar-refractivity contribution in [2.24, 2.45) is 0 Å². The minimum atomic E-state index is -4.49. The Morgan fingerprint density at radius 1 is 1.11 bits per heavy atom. The number of anilines is 2. The number of hydrogen-bond donors (Lipinski definition) is 2. The summed E-state index contributed by atoms with van der Waals surface area (Å²) in [6.07, 6.45) is -2.75. The van der Waals surface area contributed by atoms with E-state index < -0.39 is 11.7 Å². The van der Waals surface area contributed by atoms with E-state index in [1.807, 2.05) is 12.1 Å². The normalized spacial score (nSPS) is 11.3. The van der Waals surface area contributed by atoms with E-state index in [2.05, 4.69) is 31.7 Å². The molecule has 3 aromatic rings. The van der Waals surface area contributed by atoms with Crippen LogP contribution >= 0.6 is 39.7 Å². The van der Waals surface area contributed by atoms with Gasteiger partial charge in [0.25, 0.3) is 0 Å². The van der Waals surface area contributed by atoms with Crippen molar-refractivity contribution >= 4 is 56.4 Å². The van der Waals surface area contributed by atoms with Crippen molar-refractivity contribution in [3.05, 3.63) is 75.4 Å². The van der Waals surface area contributed by atoms with Gasteiger partial charge in [0.05, 0.1) is 22.3 Å². The molecule has 4 nitrogen and oxygen atoms in total. The third-order valence-corrected chi connectivity index (χ3v) is 4.72. The van der Waals surface area contributed by atoms with Gasteiger partial charge in [-0.25, -0.2) is 0 Å². The summed E-state index contributed by atoms with van der Waals surface area (Å²) < 4.78 is 41.6. The maximum Gasteiger partial charge on any atom is 0.418 e. The smallest absolute Gasteiger partial charge is 0.332 e. The van der Waals surface area contributed by atoms with Crippen LogP contribution in [0.4, 0.5) is 24.7 Å². The van der Waals surface area contributed by atoms with Crippen LogP contribution in [0.5, 0.6) is 0 Å². The molecule has 2 N–H and O–H groups in total. The Balaban J connectivity index is 1.70. The van der Waals surface area contributed by atoms with Crippen LogP contribution in [0.2, 0.25) is 5.02 Å². The third-order valence-electron chi connectivity index (χ3n) is 3.69. The average molecular weight is 490 g/mol. The van der Waals surface area contributed by atoms with Gasteiger partial charge in [0.1, 0.15) is 0 Å². The fraction of sp³-hybridized carbons (Fsp3) is 0.111. The molecule has 2 aromatic carbocycles. The summed E-state index contributed by atoms with van der Waals surface area (Å²) >= 11 is 14.4. The number of nitrogens with one attached hydrogen (secondary N) is 2. The van der Waals surface area contributed by atoms with Gasteiger partial charge in [-0.05, 0) is 58.0 Å². The lowest BCUT2D eigenvalue weighted by molar-refractivity contribution is -0.136. The molecule has 0 atom stereocenters. The zero-order valence-corrected chi connectivity index (χ0v) is 17.3. The molecule has 0 saturated carbocycles. The lowest BCUT2D eigenvalue weighted by atomic mass is 10.2. The molecule has 0 aliphatic heterocycles. The molecule has 0 spiro atoms. The molecule has 0 fully saturated rings. The molecule has 146 valence electrons. The highest BCUT2D eigenvalue weighted by Crippen LogP contribution is 2.34. The molecule has 0 aliphatic rings. The second-order valence-electron chi connectivity index (χ2n) is 5.77. The van der Waals surface area contributed by atoms with Gasteiger partial charge in [0, 0.05) is 11.2 Å². The lowest BCUT2D eigenvalue weighted by Gasteiger charge is -2.15. The standard InChI is InChI=1S/C18H13BrClF3N4S/c19-14-10-27(9-11-5-7-12(20)8-6-11)26-16(14)25-17(28)24-15-4-2-1-3-13(15)18(21,22)23/h1-8,10H,9H2,(H2,24,25,26,28). The topological polar surface area (TPSA) is 41.9 Å². The molecular formula is C18H13BrClF3N4S. The summed E-state index contributed by atoms with van der Waals surface area (Å²) in [5.74, 6) is 0.385. The molecule has 0 bridgehead atoms. The highest BCUT2D eigenvalue weighted by atomic mass is 79.9. The minimum absolute atomic E-state index is 0.00542. The van der Waals surface area contributed by atoms with Crippen LogP contribution in [-0.2, 0) is 12.7 Å². The first-order valence-electron chi connectivity index (χ1n) is 7.94. The summed E-state index contributed by atoms with van der Waals surface area (Å²) in [5, 5.41) is 10.4. The molecule has 0 radical (unpaired) electrons. The van der Waals surface area contributed by atoms with Crippen molar-refractivity contribution in [1.82, 2.24) is 9.78 Å². The number of nitrogens with zero attached hydrogens (tertiary/aromatic N) is 2. The molecule has 1 aromatic heterocycles. The van der Waals surface area contributed by atoms with Gasteiger partial charge in [0.2, 0.25) is 0 Å². The van der Waals surface area contributed by atoms with Gasteiger partial charge in [-0.2, -0.15) is 18.3 Å². The second-order valence-corrected chi connectivity index (χ2v) is 7.47. The number of para-hydroxylation sites is 1. The third kappa shape index (κ3) is 5.24. The maximum atomic E-state index is 13.1. The fourth-order valence-corrected chi connectivity index (χ4v) is 3.19. The van der Waals surface area contributed by atoms with Gasteiger partial charge in [0.15, 0.2) is 10.9 Å². The van der Waals surface area contributed by atoms with E-state index >= 15 is 0 Å². The van der Waals surface area contributed by atoms with Crippen LogP contribution in [0.15, 0.2) is 59.2 Å². The van der Waals surface area contributed by atoms with Crippen molar-refractivity contribution in [3.8, 4) is 0 Å². The highest BCUT2D eigenvalue weighted by molar-refractivity contribution is 9.10. The quantitative estimate of drug-likeness (QED) is 0.430. The zero-order valence-electron chi connectivity index (χ0n) is 14.1. The number of aromatic nitrogens is 2. The molecule has 0 unspecified atom stereocenters. The van der Waals surface area contributed by atoms with E-state index in [9.17, 15) is 13.2 Å². The van der Waals surface area contributed by atoms with E-state index in [4.69, 9.17) is 23.8 Å². The number of rotatable bonds is 4. The van der Waals surface area contributed by atoms with E-state index in [0.29, 0.717) is 21.9 Å². The predicted octanol–water partition coefficient (Wildman–Crippen LogP) is 6.18. The largest absolute Gasteiger partial charge is 0.418 e. The Morgan fingerprint density at radius 3 is 2.46 bits per heavy atom. The van der Waals surface area contributed by atoms with E-state index in [1.54, 1.807) is 23.0 Å². The number of halogens is 5. The van der Waals surface area contributed by atoms with Crippen LogP contribution in [-0.4, -0.2) is 14.9 Å². The Hall–Kier alpha value is -2.10. The molecule has 0 saturated heterocycles. The predicted molar refractivity (Wildman–Crippen MR) is 112 cm³/mol. The van der Waals surface area contributed by atoms with E-state index in [-0.39, 0.29) is 10.8 Å². The summed E-state index contributed by atoms with van der Waals surface area (Å²) in [6, 6.07) is 12.4. The Morgan fingerprint density at radius 2 is 1.79 bits per heavy atom. The minimum Gasteiger partial charge on any atom is -0.332 e. The first-order chi connectivity index (χ1) is 13.2. The molecule has 0 amide bonds. The molecule has 10 heteroatoms. The van der Waals surface area contributed by atoms with Crippen LogP contribution in [0.1, 0.15) is 11.1 Å². The van der Waals surface area contributed by atoms with Gasteiger partial charge in [-0.3, -0.25) is 4.68 Å². The van der Waals surface area contributed by atoms with Crippen molar-refractivity contribution in [3.63, 3.8) is 0 Å². The first kappa shape index (κ1) is 20.6. The first-order valence-corrected chi connectivity index (χ1v) is 9.52. The summed E-state index contributed by atoms with van der Waals surface area (Å²) in [4.78, 5) is 0. The van der Waals surface area contributed by atoms with Crippen LogP contribution in [0, 0.1) is 0 Å². The van der Waals surface area contributed by atoms with E-state index in [0.717, 1.165) is 11.6 Å². The Labute approximate surface area is 177 Å². The highest BCUT2D eigenvalue weighted by Gasteiger charge is 2.33. The molecule has 1 heterocycles. The van der Waals surface area contributed by atoms with Crippen molar-refractivity contribution in [2.45, 2.75) is 12.7 Å². The number of thiocarbonyl (C=S) groups is 1. The van der Waals surface area contributed by atoms with Crippen molar-refractivity contribution in [2.75, 3.05) is 10.6 Å². The second kappa shape index (κ2) is 8.50. The fourth-order valence-electron chi connectivity index (χ4n) is 2.44. The van der Waals surface area contributed by atoms with Gasteiger partial charge in [-0.15, -0.1) is 0 Å². The van der Waals surface area contributed by atoms with Gasteiger partial charge < -0.3 is 10.6 Å². The average Bonchev–Trinajstić information content (AvgIpc) is 2.95. The number of benzene rings is 2. The van der Waals surface area contributed by atoms with E-state index in [1.165, 1.54) is 18.2 Å². The molecule has 28 heavy (non-hydrogen) atoms. The van der Waals surface area contributed by atoms with Gasteiger partial charge >= 0.3 is 6.18 Å². The van der Waals surface area contributed by atoms with Gasteiger partial charge in [-0.1, -0.05) is 35.9 Å². The Kier molecular flexibility index (Phi) is 6.26. The summed E-state index contributed by atoms with van der Waals surface area (Å²) in [6.45, 7) is 0.495. The Bertz CT molecular complexity index is 989. The molecular weight excluding hydrogens is 477 g/mol. The van der Waals surface area contributed by atoms with Crippen molar-refractivity contribution < 1.29 is 13.2 Å². The monoisotopic (exact) mass is 488 g/mol. The molecule has 3 rings (SSSR count). The molecule has 0 aliphatic carbocycles. The zero-order chi connectivity index (χ0) is 20.3. The van der Waals surface area contributed by atoms with Crippen LogP contribution < -0.4 is 10.6 Å². The van der Waals surface area contributed by atoms with Crippen LogP contribution in [0.25, 0.3) is 0 Å². The van der Waals surface area contributed by atoms with Crippen molar-refractivity contribution in [1.29, 1.82) is 0 Å². The summed E-state index contributed by atoms with van der Waals surface area (Å²) in [5.41, 5.74) is 0.0569. The number of alkyl halides is 3. The van der Waals surface area contributed by atoms with Crippen LogP contribution in [0.3, 0.4) is 0 Å². The lowest BCUT2D eigenvalue weighted by Crippen LogP contribution is -2.22.